The molecule has 0 saturated heterocycles. The van der Waals surface area contributed by atoms with Gasteiger partial charge in [-0.3, -0.25) is 0 Å². The lowest BCUT2D eigenvalue weighted by atomic mass is 9.98. The van der Waals surface area contributed by atoms with Gasteiger partial charge in [0.25, 0.3) is 0 Å². The van der Waals surface area contributed by atoms with E-state index in [0.29, 0.717) is 12.3 Å². The van der Waals surface area contributed by atoms with E-state index in [1.165, 1.54) is 11.1 Å². The fraction of sp³-hybridized carbons (Fsp3) is 0.364. The lowest BCUT2D eigenvalue weighted by Crippen LogP contribution is -1.95. The Hall–Kier alpha value is -0.630. The van der Waals surface area contributed by atoms with Gasteiger partial charge >= 0.3 is 0 Å². The molecule has 0 radical (unpaired) electrons. The molecule has 1 unspecified atom stereocenters. The molecule has 0 heterocycles. The predicted octanol–water partition coefficient (Wildman–Crippen LogP) is 3.45. The minimum atomic E-state index is 0.299. The van der Waals surface area contributed by atoms with Crippen LogP contribution in [-0.4, -0.2) is 6.29 Å². The molecule has 0 aliphatic heterocycles. The maximum Gasteiger partial charge on any atom is 0.120 e. The lowest BCUT2D eigenvalue weighted by molar-refractivity contribution is -0.108. The molecule has 0 saturated carbocycles. The van der Waals surface area contributed by atoms with Crippen LogP contribution in [0.15, 0.2) is 22.7 Å². The molecular weight excluding hydrogens is 228 g/mol. The van der Waals surface area contributed by atoms with E-state index in [0.717, 1.165) is 10.8 Å². The maximum absolute atomic E-state index is 10.4. The third kappa shape index (κ3) is 2.66. The van der Waals surface area contributed by atoms with Gasteiger partial charge in [0, 0.05) is 10.9 Å². The highest BCUT2D eigenvalue weighted by atomic mass is 79.9. The van der Waals surface area contributed by atoms with Crippen LogP contribution in [0.5, 0.6) is 0 Å². The molecule has 1 rings (SSSR count). The summed E-state index contributed by atoms with van der Waals surface area (Å²) in [5.41, 5.74) is 2.44. The van der Waals surface area contributed by atoms with Crippen LogP contribution in [0.1, 0.15) is 30.4 Å². The molecule has 0 aliphatic rings. The number of aldehydes is 1. The van der Waals surface area contributed by atoms with Crippen LogP contribution in [0.4, 0.5) is 0 Å². The highest BCUT2D eigenvalue weighted by molar-refractivity contribution is 9.10. The first-order chi connectivity index (χ1) is 6.15. The Balaban J connectivity index is 2.94. The molecule has 1 aromatic carbocycles. The molecule has 0 N–H and O–H groups in total. The van der Waals surface area contributed by atoms with Crippen molar-refractivity contribution in [3.8, 4) is 0 Å². The number of carbonyl (C=O) groups excluding carboxylic acids is 1. The molecule has 1 aromatic rings. The number of hydrogen-bond acceptors (Lipinski definition) is 1. The number of rotatable bonds is 3. The van der Waals surface area contributed by atoms with E-state index < -0.39 is 0 Å². The SMILES string of the molecule is Cc1ccc(C(C)CC=O)c(Br)c1. The van der Waals surface area contributed by atoms with E-state index in [9.17, 15) is 4.79 Å². The number of carbonyl (C=O) groups is 1. The van der Waals surface area contributed by atoms with Crippen LogP contribution in [0.2, 0.25) is 0 Å². The van der Waals surface area contributed by atoms with Gasteiger partial charge < -0.3 is 4.79 Å². The van der Waals surface area contributed by atoms with Crippen molar-refractivity contribution in [2.75, 3.05) is 0 Å². The Morgan fingerprint density at radius 1 is 1.54 bits per heavy atom. The molecule has 0 aliphatic carbocycles. The van der Waals surface area contributed by atoms with E-state index in [2.05, 4.69) is 48.0 Å². The molecular formula is C11H13BrO. The van der Waals surface area contributed by atoms with Crippen LogP contribution >= 0.6 is 15.9 Å². The van der Waals surface area contributed by atoms with Gasteiger partial charge in [-0.2, -0.15) is 0 Å². The van der Waals surface area contributed by atoms with Crippen molar-refractivity contribution in [3.05, 3.63) is 33.8 Å². The van der Waals surface area contributed by atoms with E-state index in [1.807, 2.05) is 0 Å². The van der Waals surface area contributed by atoms with Gasteiger partial charge in [0.05, 0.1) is 0 Å². The fourth-order valence-corrected chi connectivity index (χ4v) is 2.19. The normalized spacial score (nSPS) is 12.5. The van der Waals surface area contributed by atoms with Gasteiger partial charge in [-0.15, -0.1) is 0 Å². The van der Waals surface area contributed by atoms with Crippen LogP contribution in [0.3, 0.4) is 0 Å². The fourth-order valence-electron chi connectivity index (χ4n) is 1.30. The zero-order valence-electron chi connectivity index (χ0n) is 7.88. The Bertz CT molecular complexity index is 307. The Kier molecular flexibility index (Phi) is 3.67. The van der Waals surface area contributed by atoms with Crippen molar-refractivity contribution in [1.29, 1.82) is 0 Å². The smallest absolute Gasteiger partial charge is 0.120 e. The Morgan fingerprint density at radius 3 is 2.77 bits per heavy atom. The molecule has 1 nitrogen and oxygen atoms in total. The first-order valence-corrected chi connectivity index (χ1v) is 5.14. The van der Waals surface area contributed by atoms with E-state index in [4.69, 9.17) is 0 Å². The third-order valence-corrected chi connectivity index (χ3v) is 2.82. The van der Waals surface area contributed by atoms with Crippen molar-refractivity contribution in [3.63, 3.8) is 0 Å². The summed E-state index contributed by atoms with van der Waals surface area (Å²) >= 11 is 3.50. The monoisotopic (exact) mass is 240 g/mol. The quantitative estimate of drug-likeness (QED) is 0.740. The third-order valence-electron chi connectivity index (χ3n) is 2.14. The van der Waals surface area contributed by atoms with Gasteiger partial charge in [-0.1, -0.05) is 35.0 Å². The standard InChI is InChI=1S/C11H13BrO/c1-8-3-4-10(11(12)7-8)9(2)5-6-13/h3-4,6-7,9H,5H2,1-2H3. The average molecular weight is 241 g/mol. The first-order valence-electron chi connectivity index (χ1n) is 4.35. The second kappa shape index (κ2) is 4.56. The van der Waals surface area contributed by atoms with E-state index in [-0.39, 0.29) is 0 Å². The summed E-state index contributed by atoms with van der Waals surface area (Å²) in [7, 11) is 0. The van der Waals surface area contributed by atoms with Crippen molar-refractivity contribution < 1.29 is 4.79 Å². The topological polar surface area (TPSA) is 17.1 Å². The highest BCUT2D eigenvalue weighted by Gasteiger charge is 2.08. The van der Waals surface area contributed by atoms with Crippen molar-refractivity contribution in [2.24, 2.45) is 0 Å². The van der Waals surface area contributed by atoms with Crippen LogP contribution in [0.25, 0.3) is 0 Å². The molecule has 0 spiro atoms. The number of benzene rings is 1. The zero-order valence-corrected chi connectivity index (χ0v) is 9.47. The number of hydrogen-bond donors (Lipinski definition) is 0. The van der Waals surface area contributed by atoms with Gasteiger partial charge in [0.1, 0.15) is 6.29 Å². The summed E-state index contributed by atoms with van der Waals surface area (Å²) in [5, 5.41) is 0. The molecule has 13 heavy (non-hydrogen) atoms. The predicted molar refractivity (Wildman–Crippen MR) is 58.0 cm³/mol. The Labute approximate surface area is 87.3 Å². The van der Waals surface area contributed by atoms with Crippen LogP contribution in [0, 0.1) is 6.92 Å². The summed E-state index contributed by atoms with van der Waals surface area (Å²) in [4.78, 5) is 10.4. The summed E-state index contributed by atoms with van der Waals surface area (Å²) in [6.45, 7) is 4.11. The second-order valence-corrected chi connectivity index (χ2v) is 4.18. The summed E-state index contributed by atoms with van der Waals surface area (Å²) in [5.74, 6) is 0.299. The summed E-state index contributed by atoms with van der Waals surface area (Å²) < 4.78 is 1.10. The molecule has 1 atom stereocenters. The molecule has 0 amide bonds. The van der Waals surface area contributed by atoms with E-state index in [1.54, 1.807) is 0 Å². The van der Waals surface area contributed by atoms with Gasteiger partial charge in [0.2, 0.25) is 0 Å². The van der Waals surface area contributed by atoms with Crippen molar-refractivity contribution in [1.82, 2.24) is 0 Å². The molecule has 70 valence electrons. The summed E-state index contributed by atoms with van der Waals surface area (Å²) in [6, 6.07) is 6.23. The van der Waals surface area contributed by atoms with Crippen molar-refractivity contribution in [2.45, 2.75) is 26.2 Å². The van der Waals surface area contributed by atoms with E-state index >= 15 is 0 Å². The van der Waals surface area contributed by atoms with Gasteiger partial charge in [-0.05, 0) is 30.0 Å². The minimum Gasteiger partial charge on any atom is -0.303 e. The average Bonchev–Trinajstić information content (AvgIpc) is 2.04. The maximum atomic E-state index is 10.4. The van der Waals surface area contributed by atoms with Gasteiger partial charge in [0.15, 0.2) is 0 Å². The molecule has 2 heteroatoms. The number of aryl methyl sites for hydroxylation is 1. The molecule has 0 bridgehead atoms. The van der Waals surface area contributed by atoms with Gasteiger partial charge in [-0.25, -0.2) is 0 Å². The molecule has 0 fully saturated rings. The minimum absolute atomic E-state index is 0.299. The largest absolute Gasteiger partial charge is 0.303 e. The summed E-state index contributed by atoms with van der Waals surface area (Å²) in [6.07, 6.45) is 1.55. The van der Waals surface area contributed by atoms with Crippen LogP contribution in [-0.2, 0) is 4.79 Å². The zero-order chi connectivity index (χ0) is 9.84. The molecule has 0 aromatic heterocycles. The van der Waals surface area contributed by atoms with Crippen molar-refractivity contribution >= 4 is 22.2 Å². The lowest BCUT2D eigenvalue weighted by Gasteiger charge is -2.10. The van der Waals surface area contributed by atoms with Crippen LogP contribution < -0.4 is 0 Å². The highest BCUT2D eigenvalue weighted by Crippen LogP contribution is 2.27. The Morgan fingerprint density at radius 2 is 2.23 bits per heavy atom. The first kappa shape index (κ1) is 10.5. The second-order valence-electron chi connectivity index (χ2n) is 3.33. The number of halogens is 1.